The van der Waals surface area contributed by atoms with Gasteiger partial charge in [-0.15, -0.1) is 0 Å². The van der Waals surface area contributed by atoms with E-state index in [-0.39, 0.29) is 0 Å². The second kappa shape index (κ2) is 19.2. The van der Waals surface area contributed by atoms with Gasteiger partial charge >= 0.3 is 0 Å². The predicted octanol–water partition coefficient (Wildman–Crippen LogP) is 11.2. The summed E-state index contributed by atoms with van der Waals surface area (Å²) in [5, 5.41) is 0. The Kier molecular flexibility index (Phi) is 15.6. The van der Waals surface area contributed by atoms with Crippen molar-refractivity contribution in [1.82, 2.24) is 9.97 Å². The molecular formula is C36H58N2O. The van der Waals surface area contributed by atoms with Crippen LogP contribution in [0.2, 0.25) is 0 Å². The Morgan fingerprint density at radius 2 is 1.31 bits per heavy atom. The van der Waals surface area contributed by atoms with Crippen molar-refractivity contribution in [3.8, 4) is 16.9 Å². The van der Waals surface area contributed by atoms with Gasteiger partial charge in [-0.25, -0.2) is 9.97 Å². The van der Waals surface area contributed by atoms with Crippen LogP contribution in [0.4, 0.5) is 0 Å². The van der Waals surface area contributed by atoms with Crippen molar-refractivity contribution in [2.45, 2.75) is 162 Å². The van der Waals surface area contributed by atoms with E-state index < -0.39 is 0 Å². The lowest BCUT2D eigenvalue weighted by atomic mass is 9.83. The first kappa shape index (κ1) is 31.6. The molecule has 0 N–H and O–H groups in total. The molecule has 0 radical (unpaired) electrons. The molecule has 3 heteroatoms. The molecule has 0 bridgehead atoms. The smallest absolute Gasteiger partial charge is 0.128 e. The summed E-state index contributed by atoms with van der Waals surface area (Å²) >= 11 is 0. The lowest BCUT2D eigenvalue weighted by Gasteiger charge is -2.31. The van der Waals surface area contributed by atoms with Crippen molar-refractivity contribution in [2.75, 3.05) is 0 Å². The number of ether oxygens (including phenoxy) is 1. The fourth-order valence-corrected chi connectivity index (χ4v) is 6.20. The molecule has 1 aromatic carbocycles. The van der Waals surface area contributed by atoms with E-state index in [1.807, 2.05) is 12.4 Å². The molecule has 1 saturated carbocycles. The fraction of sp³-hybridized carbons (Fsp3) is 0.722. The molecule has 1 atom stereocenters. The molecular weight excluding hydrogens is 476 g/mol. The van der Waals surface area contributed by atoms with Gasteiger partial charge in [-0.3, -0.25) is 0 Å². The molecule has 2 aromatic rings. The Balaban J connectivity index is 1.50. The zero-order chi connectivity index (χ0) is 27.5. The van der Waals surface area contributed by atoms with Crippen molar-refractivity contribution in [3.63, 3.8) is 0 Å². The summed E-state index contributed by atoms with van der Waals surface area (Å²) in [6.07, 6.45) is 32.2. The lowest BCUT2D eigenvalue weighted by molar-refractivity contribution is 0.0962. The average molecular weight is 535 g/mol. The third-order valence-corrected chi connectivity index (χ3v) is 8.76. The van der Waals surface area contributed by atoms with E-state index in [4.69, 9.17) is 4.74 Å². The number of aryl methyl sites for hydroxylation is 2. The Labute approximate surface area is 241 Å². The van der Waals surface area contributed by atoms with Crippen LogP contribution in [0.3, 0.4) is 0 Å². The van der Waals surface area contributed by atoms with Gasteiger partial charge in [-0.1, -0.05) is 116 Å². The van der Waals surface area contributed by atoms with E-state index in [0.29, 0.717) is 6.10 Å². The van der Waals surface area contributed by atoms with Crippen molar-refractivity contribution in [2.24, 2.45) is 5.92 Å². The van der Waals surface area contributed by atoms with Gasteiger partial charge in [-0.05, 0) is 68.2 Å². The topological polar surface area (TPSA) is 35.0 Å². The second-order valence-electron chi connectivity index (χ2n) is 12.2. The number of nitrogens with zero attached hydrogens (tertiary/aromatic N) is 2. The van der Waals surface area contributed by atoms with Crippen LogP contribution in [0.15, 0.2) is 30.6 Å². The third kappa shape index (κ3) is 12.0. The van der Waals surface area contributed by atoms with E-state index >= 15 is 0 Å². The highest BCUT2D eigenvalue weighted by atomic mass is 16.5. The molecule has 3 rings (SSSR count). The minimum Gasteiger partial charge on any atom is -0.490 e. The van der Waals surface area contributed by atoms with Gasteiger partial charge in [0.1, 0.15) is 17.7 Å². The molecule has 1 unspecified atom stereocenters. The number of aromatic nitrogens is 2. The summed E-state index contributed by atoms with van der Waals surface area (Å²) in [4.78, 5) is 9.37. The maximum Gasteiger partial charge on any atom is 0.128 e. The number of benzene rings is 1. The van der Waals surface area contributed by atoms with Crippen LogP contribution in [-0.2, 0) is 6.42 Å². The van der Waals surface area contributed by atoms with E-state index in [0.717, 1.165) is 29.5 Å². The molecule has 3 nitrogen and oxygen atoms in total. The normalized spacial score (nSPS) is 14.9. The Bertz CT molecular complexity index is 887. The molecule has 39 heavy (non-hydrogen) atoms. The number of hydrogen-bond acceptors (Lipinski definition) is 3. The van der Waals surface area contributed by atoms with Crippen LogP contribution in [0.1, 0.15) is 154 Å². The quantitative estimate of drug-likeness (QED) is 0.158. The largest absolute Gasteiger partial charge is 0.490 e. The highest BCUT2D eigenvalue weighted by molar-refractivity contribution is 5.64. The monoisotopic (exact) mass is 534 g/mol. The van der Waals surface area contributed by atoms with Gasteiger partial charge in [0.25, 0.3) is 0 Å². The molecule has 1 aliphatic rings. The zero-order valence-electron chi connectivity index (χ0n) is 25.7. The molecule has 0 amide bonds. The standard InChI is InChI=1S/C36H58N2O/c1-4-6-8-10-12-14-19-23-35(31-21-17-16-18-22-31)39-34-26-25-32(27-30(34)3)33-28-37-36(38-29-33)24-20-15-13-11-9-7-5-2/h25-29,31,35H,4-24H2,1-3H3. The summed E-state index contributed by atoms with van der Waals surface area (Å²) in [7, 11) is 0. The minimum atomic E-state index is 0.361. The number of rotatable bonds is 20. The van der Waals surface area contributed by atoms with Gasteiger partial charge in [-0.2, -0.15) is 0 Å². The van der Waals surface area contributed by atoms with Crippen LogP contribution < -0.4 is 4.74 Å². The van der Waals surface area contributed by atoms with Crippen molar-refractivity contribution >= 4 is 0 Å². The van der Waals surface area contributed by atoms with Crippen molar-refractivity contribution < 1.29 is 4.74 Å². The Morgan fingerprint density at radius 1 is 0.718 bits per heavy atom. The van der Waals surface area contributed by atoms with Gasteiger partial charge in [0, 0.05) is 24.4 Å². The molecule has 1 aromatic heterocycles. The molecule has 1 fully saturated rings. The lowest BCUT2D eigenvalue weighted by Crippen LogP contribution is -2.29. The van der Waals surface area contributed by atoms with Crippen LogP contribution in [0.5, 0.6) is 5.75 Å². The molecule has 0 saturated heterocycles. The third-order valence-electron chi connectivity index (χ3n) is 8.76. The van der Waals surface area contributed by atoms with Gasteiger partial charge < -0.3 is 4.74 Å². The van der Waals surface area contributed by atoms with Crippen LogP contribution in [0.25, 0.3) is 11.1 Å². The van der Waals surface area contributed by atoms with Crippen LogP contribution in [0, 0.1) is 12.8 Å². The van der Waals surface area contributed by atoms with Crippen LogP contribution >= 0.6 is 0 Å². The Morgan fingerprint density at radius 3 is 1.92 bits per heavy atom. The first-order valence-corrected chi connectivity index (χ1v) is 16.8. The maximum absolute atomic E-state index is 6.79. The van der Waals surface area contributed by atoms with Gasteiger partial charge in [0.2, 0.25) is 0 Å². The summed E-state index contributed by atoms with van der Waals surface area (Å²) in [6.45, 7) is 6.76. The molecule has 1 heterocycles. The summed E-state index contributed by atoms with van der Waals surface area (Å²) < 4.78 is 6.79. The molecule has 0 aliphatic heterocycles. The zero-order valence-corrected chi connectivity index (χ0v) is 25.7. The summed E-state index contributed by atoms with van der Waals surface area (Å²) in [5.41, 5.74) is 3.50. The van der Waals surface area contributed by atoms with E-state index in [1.165, 1.54) is 140 Å². The van der Waals surface area contributed by atoms with E-state index in [2.05, 4.69) is 48.9 Å². The first-order chi connectivity index (χ1) is 19.2. The van der Waals surface area contributed by atoms with Gasteiger partial charge in [0.05, 0.1) is 0 Å². The number of unbranched alkanes of at least 4 members (excludes halogenated alkanes) is 12. The average Bonchev–Trinajstić information content (AvgIpc) is 2.97. The predicted molar refractivity (Wildman–Crippen MR) is 168 cm³/mol. The first-order valence-electron chi connectivity index (χ1n) is 16.8. The minimum absolute atomic E-state index is 0.361. The van der Waals surface area contributed by atoms with Crippen LogP contribution in [-0.4, -0.2) is 16.1 Å². The molecule has 1 aliphatic carbocycles. The maximum atomic E-state index is 6.79. The SMILES string of the molecule is CCCCCCCCCc1ncc(-c2ccc(OC(CCCCCCCCC)C3CCCCC3)c(C)c2)cn1. The molecule has 218 valence electrons. The Hall–Kier alpha value is -1.90. The highest BCUT2D eigenvalue weighted by Crippen LogP contribution is 2.34. The number of hydrogen-bond donors (Lipinski definition) is 0. The van der Waals surface area contributed by atoms with Crippen molar-refractivity contribution in [1.29, 1.82) is 0 Å². The highest BCUT2D eigenvalue weighted by Gasteiger charge is 2.25. The molecule has 0 spiro atoms. The second-order valence-corrected chi connectivity index (χ2v) is 12.2. The summed E-state index contributed by atoms with van der Waals surface area (Å²) in [5.74, 6) is 2.76. The van der Waals surface area contributed by atoms with E-state index in [1.54, 1.807) is 0 Å². The fourth-order valence-electron chi connectivity index (χ4n) is 6.20. The van der Waals surface area contributed by atoms with Gasteiger partial charge in [0.15, 0.2) is 0 Å². The van der Waals surface area contributed by atoms with Crippen molar-refractivity contribution in [3.05, 3.63) is 42.0 Å². The van der Waals surface area contributed by atoms with E-state index in [9.17, 15) is 0 Å². The summed E-state index contributed by atoms with van der Waals surface area (Å²) in [6, 6.07) is 6.65.